The average Bonchev–Trinajstić information content (AvgIpc) is 3.14. The Morgan fingerprint density at radius 1 is 1.12 bits per heavy atom. The van der Waals surface area contributed by atoms with Crippen LogP contribution in [0.3, 0.4) is 0 Å². The molecule has 6 N–H and O–H groups in total. The number of hydrogen-bond donors (Lipinski definition) is 6. The molecule has 1 amide bonds. The number of hydrogen-bond acceptors (Lipinski definition) is 9. The molecule has 182 valence electrons. The Morgan fingerprint density at radius 2 is 1.82 bits per heavy atom. The minimum atomic E-state index is -1.76. The van der Waals surface area contributed by atoms with Crippen LogP contribution in [0.15, 0.2) is 30.5 Å². The highest BCUT2D eigenvalue weighted by Crippen LogP contribution is 2.22. The van der Waals surface area contributed by atoms with Gasteiger partial charge in [-0.3, -0.25) is 0 Å². The third-order valence-electron chi connectivity index (χ3n) is 5.15. The van der Waals surface area contributed by atoms with Gasteiger partial charge in [-0.2, -0.15) is 0 Å². The van der Waals surface area contributed by atoms with Gasteiger partial charge in [0.05, 0.1) is 0 Å². The number of aliphatic hydroxyl groups is 4. The van der Waals surface area contributed by atoms with Crippen LogP contribution in [0.25, 0.3) is 10.9 Å². The van der Waals surface area contributed by atoms with Crippen molar-refractivity contribution >= 4 is 23.0 Å². The molecule has 5 unspecified atom stereocenters. The summed E-state index contributed by atoms with van der Waals surface area (Å²) < 4.78 is 15.5. The van der Waals surface area contributed by atoms with Crippen molar-refractivity contribution in [3.8, 4) is 0 Å². The Hall–Kier alpha value is -2.70. The molecule has 0 aliphatic carbocycles. The van der Waals surface area contributed by atoms with Gasteiger partial charge in [0.15, 0.2) is 6.29 Å². The van der Waals surface area contributed by atoms with E-state index in [0.29, 0.717) is 0 Å². The molecular formula is C22H30N2O9. The third-order valence-corrected chi connectivity index (χ3v) is 5.15. The summed E-state index contributed by atoms with van der Waals surface area (Å²) in [5.74, 6) is -0.836. The molecule has 11 heteroatoms. The molecule has 1 aliphatic rings. The van der Waals surface area contributed by atoms with Gasteiger partial charge in [0, 0.05) is 23.5 Å². The van der Waals surface area contributed by atoms with Gasteiger partial charge in [0.2, 0.25) is 0 Å². The maximum atomic E-state index is 12.9. The average molecular weight is 466 g/mol. The fourth-order valence-corrected chi connectivity index (χ4v) is 3.50. The van der Waals surface area contributed by atoms with E-state index >= 15 is 0 Å². The lowest BCUT2D eigenvalue weighted by atomic mass is 9.99. The standard InChI is InChI=1S/C22H30N2O9/c1-22(2,3)33-21(30)24-14(8-11-9-23-13-7-5-4-6-12(11)13)19(28)31-10-15-16(25)17(26)18(27)20(29)32-15/h4-7,9,14-18,20,23,25-27,29H,8,10H2,1-3H3,(H,24,30)/t14-,15?,16?,17?,18?,20?/m0/s1. The van der Waals surface area contributed by atoms with Crippen LogP contribution in [-0.4, -0.2) is 86.4 Å². The number of nitrogens with one attached hydrogen (secondary N) is 2. The summed E-state index contributed by atoms with van der Waals surface area (Å²) in [6.45, 7) is 4.53. The Morgan fingerprint density at radius 3 is 2.52 bits per heavy atom. The van der Waals surface area contributed by atoms with Gasteiger partial charge in [-0.25, -0.2) is 9.59 Å². The molecule has 0 radical (unpaired) electrons. The molecule has 1 saturated heterocycles. The molecule has 0 saturated carbocycles. The van der Waals surface area contributed by atoms with Gasteiger partial charge in [0.25, 0.3) is 0 Å². The van der Waals surface area contributed by atoms with Crippen molar-refractivity contribution < 1.29 is 44.2 Å². The third kappa shape index (κ3) is 6.21. The van der Waals surface area contributed by atoms with Crippen molar-refractivity contribution in [1.82, 2.24) is 10.3 Å². The number of alkyl carbamates (subject to hydrolysis) is 1. The maximum Gasteiger partial charge on any atom is 0.408 e. The topological polar surface area (TPSA) is 171 Å². The highest BCUT2D eigenvalue weighted by atomic mass is 16.7. The summed E-state index contributed by atoms with van der Waals surface area (Å²) >= 11 is 0. The largest absolute Gasteiger partial charge is 0.461 e. The van der Waals surface area contributed by atoms with Crippen molar-refractivity contribution in [1.29, 1.82) is 0 Å². The molecule has 2 aromatic rings. The highest BCUT2D eigenvalue weighted by Gasteiger charge is 2.43. The normalized spacial score (nSPS) is 26.6. The number of amides is 1. The first-order chi connectivity index (χ1) is 15.5. The summed E-state index contributed by atoms with van der Waals surface area (Å²) in [7, 11) is 0. The quantitative estimate of drug-likeness (QED) is 0.319. The number of para-hydroxylation sites is 1. The molecule has 1 aliphatic heterocycles. The van der Waals surface area contributed by atoms with Crippen molar-refractivity contribution in [2.24, 2.45) is 0 Å². The molecule has 1 fully saturated rings. The molecule has 0 bridgehead atoms. The van der Waals surface area contributed by atoms with Crippen LogP contribution in [0, 0.1) is 0 Å². The number of benzene rings is 1. The number of aromatic nitrogens is 1. The van der Waals surface area contributed by atoms with E-state index in [-0.39, 0.29) is 6.42 Å². The molecule has 1 aromatic heterocycles. The zero-order chi connectivity index (χ0) is 24.3. The van der Waals surface area contributed by atoms with Gasteiger partial charge >= 0.3 is 12.1 Å². The Bertz CT molecular complexity index is 970. The molecule has 11 nitrogen and oxygen atoms in total. The fraction of sp³-hybridized carbons (Fsp3) is 0.545. The second-order valence-electron chi connectivity index (χ2n) is 8.93. The SMILES string of the molecule is CC(C)(C)OC(=O)N[C@@H](Cc1c[nH]c2ccccc12)C(=O)OCC1OC(O)C(O)C(O)C1O. The van der Waals surface area contributed by atoms with E-state index < -0.39 is 61.0 Å². The number of ether oxygens (including phenoxy) is 3. The first-order valence-electron chi connectivity index (χ1n) is 10.5. The Kier molecular flexibility index (Phi) is 7.60. The number of fused-ring (bicyclic) bond motifs is 1. The molecule has 6 atom stereocenters. The van der Waals surface area contributed by atoms with Gasteiger partial charge < -0.3 is 44.9 Å². The van der Waals surface area contributed by atoms with Crippen LogP contribution < -0.4 is 5.32 Å². The van der Waals surface area contributed by atoms with E-state index in [1.807, 2.05) is 24.3 Å². The summed E-state index contributed by atoms with van der Waals surface area (Å²) in [6.07, 6.45) is -7.01. The lowest BCUT2D eigenvalue weighted by Crippen LogP contribution is -2.59. The van der Waals surface area contributed by atoms with E-state index in [1.165, 1.54) is 0 Å². The molecule has 2 heterocycles. The Labute approximate surface area is 190 Å². The van der Waals surface area contributed by atoms with Crippen LogP contribution >= 0.6 is 0 Å². The first-order valence-corrected chi connectivity index (χ1v) is 10.5. The molecule has 3 rings (SSSR count). The van der Waals surface area contributed by atoms with Gasteiger partial charge in [0.1, 0.15) is 42.7 Å². The zero-order valence-corrected chi connectivity index (χ0v) is 18.6. The van der Waals surface area contributed by atoms with Crippen LogP contribution in [0.5, 0.6) is 0 Å². The number of carbonyl (C=O) groups is 2. The predicted octanol–water partition coefficient (Wildman–Crippen LogP) is -0.0532. The highest BCUT2D eigenvalue weighted by molar-refractivity contribution is 5.86. The fourth-order valence-electron chi connectivity index (χ4n) is 3.50. The van der Waals surface area contributed by atoms with Gasteiger partial charge in [-0.15, -0.1) is 0 Å². The minimum absolute atomic E-state index is 0.0835. The van der Waals surface area contributed by atoms with E-state index in [9.17, 15) is 30.0 Å². The summed E-state index contributed by atoms with van der Waals surface area (Å²) in [6, 6.07) is 6.32. The van der Waals surface area contributed by atoms with Crippen LogP contribution in [-0.2, 0) is 25.4 Å². The number of H-pyrrole nitrogens is 1. The van der Waals surface area contributed by atoms with E-state index in [2.05, 4.69) is 10.3 Å². The summed E-state index contributed by atoms with van der Waals surface area (Å²) in [5.41, 5.74) is 0.829. The van der Waals surface area contributed by atoms with Crippen molar-refractivity contribution in [2.75, 3.05) is 6.61 Å². The predicted molar refractivity (Wildman–Crippen MR) is 115 cm³/mol. The first kappa shape index (κ1) is 24.9. The lowest BCUT2D eigenvalue weighted by Gasteiger charge is -2.38. The second-order valence-corrected chi connectivity index (χ2v) is 8.93. The number of aromatic amines is 1. The van der Waals surface area contributed by atoms with Crippen molar-refractivity contribution in [3.05, 3.63) is 36.0 Å². The number of carbonyl (C=O) groups excluding carboxylic acids is 2. The lowest BCUT2D eigenvalue weighted by molar-refractivity contribution is -0.287. The van der Waals surface area contributed by atoms with E-state index in [4.69, 9.17) is 14.2 Å². The summed E-state index contributed by atoms with van der Waals surface area (Å²) in [4.78, 5) is 28.3. The second kappa shape index (κ2) is 10.1. The number of esters is 1. The monoisotopic (exact) mass is 466 g/mol. The molecule has 33 heavy (non-hydrogen) atoms. The molecule has 1 aromatic carbocycles. The van der Waals surface area contributed by atoms with Crippen molar-refractivity contribution in [3.63, 3.8) is 0 Å². The van der Waals surface area contributed by atoms with Gasteiger partial charge in [-0.1, -0.05) is 18.2 Å². The minimum Gasteiger partial charge on any atom is -0.461 e. The summed E-state index contributed by atoms with van der Waals surface area (Å²) in [5, 5.41) is 42.4. The molecule has 0 spiro atoms. The maximum absolute atomic E-state index is 12.9. The van der Waals surface area contributed by atoms with Crippen molar-refractivity contribution in [2.45, 2.75) is 69.5 Å². The zero-order valence-electron chi connectivity index (χ0n) is 18.6. The number of rotatable bonds is 6. The molecular weight excluding hydrogens is 436 g/mol. The van der Waals surface area contributed by atoms with Gasteiger partial charge in [-0.05, 0) is 32.4 Å². The smallest absolute Gasteiger partial charge is 0.408 e. The van der Waals surface area contributed by atoms with E-state index in [0.717, 1.165) is 16.5 Å². The Balaban J connectivity index is 1.72. The number of aliphatic hydroxyl groups excluding tert-OH is 4. The van der Waals surface area contributed by atoms with Crippen LogP contribution in [0.1, 0.15) is 26.3 Å². The van der Waals surface area contributed by atoms with Crippen LogP contribution in [0.2, 0.25) is 0 Å². The van der Waals surface area contributed by atoms with E-state index in [1.54, 1.807) is 27.0 Å². The van der Waals surface area contributed by atoms with Crippen LogP contribution in [0.4, 0.5) is 4.79 Å².